The van der Waals surface area contributed by atoms with Crippen LogP contribution < -0.4 is 4.90 Å². The van der Waals surface area contributed by atoms with Gasteiger partial charge in [-0.05, 0) is 44.4 Å². The van der Waals surface area contributed by atoms with Crippen molar-refractivity contribution >= 4 is 5.95 Å². The summed E-state index contributed by atoms with van der Waals surface area (Å²) >= 11 is 0. The van der Waals surface area contributed by atoms with Gasteiger partial charge in [-0.1, -0.05) is 30.3 Å². The number of rotatable bonds is 5. The molecular weight excluding hydrogens is 284 g/mol. The maximum absolute atomic E-state index is 4.56. The summed E-state index contributed by atoms with van der Waals surface area (Å²) in [6, 6.07) is 13.2. The smallest absolute Gasteiger partial charge is 0.225 e. The second-order valence-electron chi connectivity index (χ2n) is 6.44. The lowest BCUT2D eigenvalue weighted by molar-refractivity contribution is 0.208. The molecule has 4 nitrogen and oxygen atoms in total. The molecule has 1 unspecified atom stereocenters. The van der Waals surface area contributed by atoms with Crippen LogP contribution in [0.25, 0.3) is 0 Å². The molecule has 122 valence electrons. The number of nitrogens with zero attached hydrogens (tertiary/aromatic N) is 4. The fraction of sp³-hybridized carbons (Fsp3) is 0.474. The molecular formula is C19H26N4. The maximum Gasteiger partial charge on any atom is 0.225 e. The minimum absolute atomic E-state index is 0.501. The second kappa shape index (κ2) is 7.55. The van der Waals surface area contributed by atoms with Crippen LogP contribution >= 0.6 is 0 Å². The molecule has 1 aromatic heterocycles. The van der Waals surface area contributed by atoms with Crippen LogP contribution in [0.4, 0.5) is 5.95 Å². The van der Waals surface area contributed by atoms with Crippen LogP contribution in [0.5, 0.6) is 0 Å². The third-order valence-corrected chi connectivity index (χ3v) is 4.69. The fourth-order valence-electron chi connectivity index (χ4n) is 3.25. The zero-order chi connectivity index (χ0) is 16.1. The minimum atomic E-state index is 0.501. The second-order valence-corrected chi connectivity index (χ2v) is 6.44. The summed E-state index contributed by atoms with van der Waals surface area (Å²) in [4.78, 5) is 13.8. The van der Waals surface area contributed by atoms with E-state index in [1.165, 1.54) is 24.9 Å². The first kappa shape index (κ1) is 15.9. The highest BCUT2D eigenvalue weighted by Crippen LogP contribution is 2.19. The van der Waals surface area contributed by atoms with Gasteiger partial charge in [-0.2, -0.15) is 0 Å². The van der Waals surface area contributed by atoms with E-state index in [9.17, 15) is 0 Å². The Balaban J connectivity index is 1.57. The molecule has 2 aromatic rings. The lowest BCUT2D eigenvalue weighted by Crippen LogP contribution is -2.47. The van der Waals surface area contributed by atoms with Gasteiger partial charge in [-0.15, -0.1) is 0 Å². The molecule has 0 saturated carbocycles. The molecule has 1 atom stereocenters. The number of aromatic nitrogens is 2. The van der Waals surface area contributed by atoms with E-state index in [1.807, 2.05) is 19.2 Å². The Morgan fingerprint density at radius 1 is 1.22 bits per heavy atom. The van der Waals surface area contributed by atoms with Gasteiger partial charge in [0.05, 0.1) is 0 Å². The Bertz CT molecular complexity index is 614. The van der Waals surface area contributed by atoms with Crippen molar-refractivity contribution in [2.75, 3.05) is 31.6 Å². The summed E-state index contributed by atoms with van der Waals surface area (Å²) in [5.74, 6) is 0.847. The van der Waals surface area contributed by atoms with Crippen molar-refractivity contribution in [1.82, 2.24) is 14.9 Å². The Kier molecular flexibility index (Phi) is 5.23. The first-order valence-corrected chi connectivity index (χ1v) is 8.51. The molecule has 23 heavy (non-hydrogen) atoms. The van der Waals surface area contributed by atoms with Crippen LogP contribution in [0.2, 0.25) is 0 Å². The van der Waals surface area contributed by atoms with E-state index < -0.39 is 0 Å². The van der Waals surface area contributed by atoms with Gasteiger partial charge in [0.25, 0.3) is 0 Å². The molecule has 3 rings (SSSR count). The summed E-state index contributed by atoms with van der Waals surface area (Å²) in [6.07, 6.45) is 5.44. The van der Waals surface area contributed by atoms with E-state index in [4.69, 9.17) is 0 Å². The van der Waals surface area contributed by atoms with Crippen LogP contribution in [0.1, 0.15) is 24.1 Å². The number of aryl methyl sites for hydroxylation is 1. The van der Waals surface area contributed by atoms with E-state index in [0.29, 0.717) is 6.04 Å². The summed E-state index contributed by atoms with van der Waals surface area (Å²) in [6.45, 7) is 5.45. The Labute approximate surface area is 139 Å². The van der Waals surface area contributed by atoms with Crippen LogP contribution in [-0.4, -0.2) is 47.6 Å². The third-order valence-electron chi connectivity index (χ3n) is 4.69. The summed E-state index contributed by atoms with van der Waals surface area (Å²) in [5.41, 5.74) is 2.45. The molecule has 0 radical (unpaired) electrons. The van der Waals surface area contributed by atoms with E-state index in [2.05, 4.69) is 57.1 Å². The van der Waals surface area contributed by atoms with E-state index in [1.54, 1.807) is 0 Å². The highest BCUT2D eigenvalue weighted by atomic mass is 15.3. The number of benzene rings is 1. The predicted octanol–water partition coefficient (Wildman–Crippen LogP) is 2.93. The van der Waals surface area contributed by atoms with Crippen molar-refractivity contribution < 1.29 is 0 Å². The topological polar surface area (TPSA) is 32.3 Å². The van der Waals surface area contributed by atoms with E-state index in [0.717, 1.165) is 31.2 Å². The van der Waals surface area contributed by atoms with Crippen LogP contribution in [0, 0.1) is 6.92 Å². The number of likely N-dealkylation sites (N-methyl/N-ethyl adjacent to an activating group) is 1. The lowest BCUT2D eigenvalue weighted by Gasteiger charge is -2.37. The van der Waals surface area contributed by atoms with Crippen molar-refractivity contribution in [2.24, 2.45) is 0 Å². The molecule has 1 fully saturated rings. The Morgan fingerprint density at radius 3 is 2.83 bits per heavy atom. The van der Waals surface area contributed by atoms with Gasteiger partial charge in [0.2, 0.25) is 5.95 Å². The van der Waals surface area contributed by atoms with Crippen molar-refractivity contribution in [2.45, 2.75) is 32.2 Å². The van der Waals surface area contributed by atoms with Crippen LogP contribution in [-0.2, 0) is 6.42 Å². The van der Waals surface area contributed by atoms with Gasteiger partial charge < -0.3 is 9.80 Å². The molecule has 0 amide bonds. The number of hydrogen-bond donors (Lipinski definition) is 0. The lowest BCUT2D eigenvalue weighted by atomic mass is 10.0. The van der Waals surface area contributed by atoms with Crippen LogP contribution in [0.15, 0.2) is 42.6 Å². The normalized spacial score (nSPS) is 18.8. The molecule has 4 heteroatoms. The standard InChI is InChI=1S/C19H26N4/c1-16-10-12-20-19(21-16)22(2)18-9-6-13-23(15-18)14-11-17-7-4-3-5-8-17/h3-5,7-8,10,12,18H,6,9,11,13-15H2,1-2H3. The maximum atomic E-state index is 4.56. The molecule has 0 N–H and O–H groups in total. The summed E-state index contributed by atoms with van der Waals surface area (Å²) in [5, 5.41) is 0. The third kappa shape index (κ3) is 4.29. The van der Waals surface area contributed by atoms with Gasteiger partial charge >= 0.3 is 0 Å². The highest BCUT2D eigenvalue weighted by Gasteiger charge is 2.24. The minimum Gasteiger partial charge on any atom is -0.340 e. The van der Waals surface area contributed by atoms with Crippen molar-refractivity contribution in [1.29, 1.82) is 0 Å². The van der Waals surface area contributed by atoms with Crippen molar-refractivity contribution in [3.8, 4) is 0 Å². The fourth-order valence-corrected chi connectivity index (χ4v) is 3.25. The molecule has 0 bridgehead atoms. The molecule has 1 saturated heterocycles. The van der Waals surface area contributed by atoms with Crippen LogP contribution in [0.3, 0.4) is 0 Å². The molecule has 0 spiro atoms. The Morgan fingerprint density at radius 2 is 2.04 bits per heavy atom. The number of anilines is 1. The monoisotopic (exact) mass is 310 g/mol. The van der Waals surface area contributed by atoms with Gasteiger partial charge in [-0.3, -0.25) is 0 Å². The Hall–Kier alpha value is -1.94. The van der Waals surface area contributed by atoms with Gasteiger partial charge in [-0.25, -0.2) is 9.97 Å². The number of piperidine rings is 1. The first-order chi connectivity index (χ1) is 11.2. The zero-order valence-corrected chi connectivity index (χ0v) is 14.2. The molecule has 1 aliphatic heterocycles. The first-order valence-electron chi connectivity index (χ1n) is 8.51. The zero-order valence-electron chi connectivity index (χ0n) is 14.2. The predicted molar refractivity (Wildman–Crippen MR) is 94.8 cm³/mol. The quantitative estimate of drug-likeness (QED) is 0.850. The van der Waals surface area contributed by atoms with Gasteiger partial charge in [0.15, 0.2) is 0 Å². The number of likely N-dealkylation sites (tertiary alicyclic amines) is 1. The molecule has 0 aliphatic carbocycles. The largest absolute Gasteiger partial charge is 0.340 e. The number of hydrogen-bond acceptors (Lipinski definition) is 4. The summed E-state index contributed by atoms with van der Waals surface area (Å²) < 4.78 is 0. The SMILES string of the molecule is Cc1ccnc(N(C)C2CCCN(CCc3ccccc3)C2)n1. The average molecular weight is 310 g/mol. The van der Waals surface area contributed by atoms with Crippen molar-refractivity contribution in [3.63, 3.8) is 0 Å². The highest BCUT2D eigenvalue weighted by molar-refractivity contribution is 5.31. The van der Waals surface area contributed by atoms with Crippen molar-refractivity contribution in [3.05, 3.63) is 53.9 Å². The molecule has 1 aromatic carbocycles. The summed E-state index contributed by atoms with van der Waals surface area (Å²) in [7, 11) is 2.13. The molecule has 1 aliphatic rings. The average Bonchev–Trinajstić information content (AvgIpc) is 2.60. The van der Waals surface area contributed by atoms with E-state index in [-0.39, 0.29) is 0 Å². The molecule has 2 heterocycles. The van der Waals surface area contributed by atoms with E-state index >= 15 is 0 Å². The van der Waals surface area contributed by atoms with Gasteiger partial charge in [0, 0.05) is 38.1 Å². The van der Waals surface area contributed by atoms with Gasteiger partial charge in [0.1, 0.15) is 0 Å².